The zero-order valence-electron chi connectivity index (χ0n) is 19.4. The Morgan fingerprint density at radius 3 is 2.33 bits per heavy atom. The van der Waals surface area contributed by atoms with E-state index in [1.807, 2.05) is 66.7 Å². The zero-order valence-corrected chi connectivity index (χ0v) is 19.4. The number of carbonyl (C=O) groups excluding carboxylic acids is 1. The second-order valence-electron chi connectivity index (χ2n) is 9.14. The summed E-state index contributed by atoms with van der Waals surface area (Å²) < 4.78 is 0. The van der Waals surface area contributed by atoms with Crippen LogP contribution in [0.2, 0.25) is 0 Å². The Bertz CT molecular complexity index is 1040. The van der Waals surface area contributed by atoms with E-state index in [0.717, 1.165) is 30.1 Å². The van der Waals surface area contributed by atoms with Gasteiger partial charge < -0.3 is 15.7 Å². The van der Waals surface area contributed by atoms with Gasteiger partial charge in [-0.15, -0.1) is 0 Å². The van der Waals surface area contributed by atoms with Crippen LogP contribution in [-0.4, -0.2) is 30.5 Å². The second kappa shape index (κ2) is 11.3. The molecule has 0 amide bonds. The van der Waals surface area contributed by atoms with Gasteiger partial charge in [-0.3, -0.25) is 4.79 Å². The zero-order chi connectivity index (χ0) is 23.0. The summed E-state index contributed by atoms with van der Waals surface area (Å²) in [7, 11) is 2.06. The number of rotatable bonds is 9. The summed E-state index contributed by atoms with van der Waals surface area (Å²) in [5, 5.41) is 17.3. The Balaban J connectivity index is 1.31. The molecular weight excluding hydrogens is 408 g/mol. The summed E-state index contributed by atoms with van der Waals surface area (Å²) >= 11 is 0. The number of phenolic OH excluding ortho intramolecular Hbond substituents is 1. The lowest BCUT2D eigenvalue weighted by Gasteiger charge is -2.28. The largest absolute Gasteiger partial charge is 0.508 e. The monoisotopic (exact) mass is 442 g/mol. The Kier molecular flexibility index (Phi) is 7.92. The Morgan fingerprint density at radius 1 is 0.909 bits per heavy atom. The predicted octanol–water partition coefficient (Wildman–Crippen LogP) is 5.35. The molecule has 0 aliphatic heterocycles. The summed E-state index contributed by atoms with van der Waals surface area (Å²) in [6, 6.07) is 24.0. The molecular formula is C29H34N2O2. The third-order valence-electron chi connectivity index (χ3n) is 6.83. The first-order valence-corrected chi connectivity index (χ1v) is 12.0. The molecule has 4 nitrogen and oxygen atoms in total. The molecule has 3 aromatic carbocycles. The van der Waals surface area contributed by atoms with E-state index in [0.29, 0.717) is 17.2 Å². The van der Waals surface area contributed by atoms with Gasteiger partial charge in [-0.1, -0.05) is 60.7 Å². The summed E-state index contributed by atoms with van der Waals surface area (Å²) in [5.74, 6) is 0.929. The van der Waals surface area contributed by atoms with Gasteiger partial charge in [-0.05, 0) is 74.0 Å². The minimum Gasteiger partial charge on any atom is -0.508 e. The van der Waals surface area contributed by atoms with Crippen molar-refractivity contribution in [3.05, 3.63) is 89.5 Å². The van der Waals surface area contributed by atoms with E-state index < -0.39 is 0 Å². The average molecular weight is 443 g/mol. The fourth-order valence-corrected chi connectivity index (χ4v) is 4.70. The van der Waals surface area contributed by atoms with Crippen molar-refractivity contribution < 1.29 is 9.90 Å². The molecule has 4 rings (SSSR count). The molecule has 0 heterocycles. The Labute approximate surface area is 197 Å². The Hall–Kier alpha value is -2.95. The van der Waals surface area contributed by atoms with E-state index in [1.54, 1.807) is 6.07 Å². The molecule has 3 N–H and O–H groups in total. The van der Waals surface area contributed by atoms with E-state index in [9.17, 15) is 9.90 Å². The van der Waals surface area contributed by atoms with Crippen LogP contribution in [0.3, 0.4) is 0 Å². The lowest BCUT2D eigenvalue weighted by molar-refractivity contribution is 0.0992. The topological polar surface area (TPSA) is 61.4 Å². The molecule has 0 atom stereocenters. The fraction of sp³-hybridized carbons (Fsp3) is 0.345. The smallest absolute Gasteiger partial charge is 0.167 e. The highest BCUT2D eigenvalue weighted by Crippen LogP contribution is 2.27. The molecule has 0 bridgehead atoms. The van der Waals surface area contributed by atoms with Gasteiger partial charge in [0.1, 0.15) is 5.75 Å². The number of Topliss-reactive ketones (excluding diaryl/α,β-unsaturated/α-hetero) is 1. The molecule has 1 fully saturated rings. The van der Waals surface area contributed by atoms with Gasteiger partial charge in [0.25, 0.3) is 0 Å². The molecule has 0 aromatic heterocycles. The highest BCUT2D eigenvalue weighted by molar-refractivity contribution is 5.98. The first-order valence-electron chi connectivity index (χ1n) is 12.0. The van der Waals surface area contributed by atoms with Crippen LogP contribution < -0.4 is 10.6 Å². The second-order valence-corrected chi connectivity index (χ2v) is 9.14. The van der Waals surface area contributed by atoms with Crippen LogP contribution in [0.25, 0.3) is 11.1 Å². The number of hydrogen-bond donors (Lipinski definition) is 3. The van der Waals surface area contributed by atoms with Crippen molar-refractivity contribution in [3.63, 3.8) is 0 Å². The standard InChI is InChI=1S/C29H34N2O2/c1-30-27-14-9-22(10-15-27)20-31-19-21-7-11-24(12-8-21)29(33)18-26-17-25(13-16-28(26)32)23-5-3-2-4-6-23/h2-8,11-13,16-17,22,27,30-32H,9-10,14-15,18-20H2,1H3. The van der Waals surface area contributed by atoms with Crippen molar-refractivity contribution in [3.8, 4) is 16.9 Å². The molecule has 172 valence electrons. The number of benzene rings is 3. The molecule has 0 spiro atoms. The van der Waals surface area contributed by atoms with Crippen LogP contribution in [0.15, 0.2) is 72.8 Å². The summed E-state index contributed by atoms with van der Waals surface area (Å²) in [4.78, 5) is 12.9. The summed E-state index contributed by atoms with van der Waals surface area (Å²) in [6.45, 7) is 1.87. The number of hydrogen-bond acceptors (Lipinski definition) is 4. The molecule has 33 heavy (non-hydrogen) atoms. The maximum Gasteiger partial charge on any atom is 0.167 e. The van der Waals surface area contributed by atoms with Crippen molar-refractivity contribution >= 4 is 5.78 Å². The van der Waals surface area contributed by atoms with Crippen LogP contribution in [0.5, 0.6) is 5.75 Å². The maximum atomic E-state index is 12.9. The van der Waals surface area contributed by atoms with Crippen LogP contribution in [0.1, 0.15) is 47.2 Å². The minimum absolute atomic E-state index is 0.0105. The number of phenols is 1. The molecule has 4 heteroatoms. The first kappa shape index (κ1) is 23.2. The van der Waals surface area contributed by atoms with Gasteiger partial charge in [0, 0.05) is 30.1 Å². The highest BCUT2D eigenvalue weighted by atomic mass is 16.3. The van der Waals surface area contributed by atoms with Gasteiger partial charge in [0.05, 0.1) is 0 Å². The van der Waals surface area contributed by atoms with Crippen molar-refractivity contribution in [1.82, 2.24) is 10.6 Å². The summed E-state index contributed by atoms with van der Waals surface area (Å²) in [5.41, 5.74) is 4.58. The van der Waals surface area contributed by atoms with Crippen molar-refractivity contribution in [2.45, 2.75) is 44.7 Å². The Morgan fingerprint density at radius 2 is 1.64 bits per heavy atom. The molecule has 1 aliphatic rings. The van der Waals surface area contributed by atoms with Crippen molar-refractivity contribution in [1.29, 1.82) is 0 Å². The van der Waals surface area contributed by atoms with Gasteiger partial charge in [0.15, 0.2) is 5.78 Å². The molecule has 3 aromatic rings. The molecule has 1 aliphatic carbocycles. The predicted molar refractivity (Wildman–Crippen MR) is 135 cm³/mol. The average Bonchev–Trinajstić information content (AvgIpc) is 2.86. The van der Waals surface area contributed by atoms with Crippen LogP contribution >= 0.6 is 0 Å². The maximum absolute atomic E-state index is 12.9. The SMILES string of the molecule is CNC1CCC(CNCc2ccc(C(=O)Cc3cc(-c4ccccc4)ccc3O)cc2)CC1. The molecule has 1 saturated carbocycles. The van der Waals surface area contributed by atoms with E-state index in [4.69, 9.17) is 0 Å². The van der Waals surface area contributed by atoms with Crippen molar-refractivity contribution in [2.24, 2.45) is 5.92 Å². The molecule has 0 unspecified atom stereocenters. The number of aromatic hydroxyl groups is 1. The van der Waals surface area contributed by atoms with Gasteiger partial charge in [0.2, 0.25) is 0 Å². The van der Waals surface area contributed by atoms with Gasteiger partial charge in [-0.2, -0.15) is 0 Å². The third-order valence-corrected chi connectivity index (χ3v) is 6.83. The van der Waals surface area contributed by atoms with Gasteiger partial charge in [-0.25, -0.2) is 0 Å². The number of nitrogens with one attached hydrogen (secondary N) is 2. The molecule has 0 radical (unpaired) electrons. The van der Waals surface area contributed by atoms with E-state index in [-0.39, 0.29) is 18.0 Å². The van der Waals surface area contributed by atoms with E-state index >= 15 is 0 Å². The summed E-state index contributed by atoms with van der Waals surface area (Å²) in [6.07, 6.45) is 5.28. The van der Waals surface area contributed by atoms with Crippen LogP contribution in [0, 0.1) is 5.92 Å². The third kappa shape index (κ3) is 6.31. The van der Waals surface area contributed by atoms with Crippen LogP contribution in [-0.2, 0) is 13.0 Å². The minimum atomic E-state index is 0.0105. The lowest BCUT2D eigenvalue weighted by atomic mass is 9.86. The van der Waals surface area contributed by atoms with Gasteiger partial charge >= 0.3 is 0 Å². The number of carbonyl (C=O) groups is 1. The van der Waals surface area contributed by atoms with E-state index in [1.165, 1.54) is 31.2 Å². The highest BCUT2D eigenvalue weighted by Gasteiger charge is 2.19. The quantitative estimate of drug-likeness (QED) is 0.391. The van der Waals surface area contributed by atoms with Crippen LogP contribution in [0.4, 0.5) is 0 Å². The fourth-order valence-electron chi connectivity index (χ4n) is 4.70. The number of ketones is 1. The molecule has 0 saturated heterocycles. The first-order chi connectivity index (χ1) is 16.1. The van der Waals surface area contributed by atoms with E-state index in [2.05, 4.69) is 17.7 Å². The normalized spacial score (nSPS) is 18.2. The van der Waals surface area contributed by atoms with Crippen molar-refractivity contribution in [2.75, 3.05) is 13.6 Å². The lowest BCUT2D eigenvalue weighted by Crippen LogP contribution is -2.33.